The maximum atomic E-state index is 12.7. The quantitative estimate of drug-likeness (QED) is 0.574. The van der Waals surface area contributed by atoms with Crippen molar-refractivity contribution in [1.82, 2.24) is 0 Å². The van der Waals surface area contributed by atoms with E-state index in [2.05, 4.69) is 0 Å². The zero-order valence-corrected chi connectivity index (χ0v) is 7.30. The Bertz CT molecular complexity index is 330. The monoisotopic (exact) mass is 212 g/mol. The molecule has 0 aliphatic heterocycles. The molecule has 72 valence electrons. The Labute approximate surface area is 77.1 Å². The fraction of sp³-hybridized carbons (Fsp3) is 0.250. The molecular formula is C8H5ClF4. The van der Waals surface area contributed by atoms with Crippen LogP contribution in [0.1, 0.15) is 11.1 Å². The second kappa shape index (κ2) is 3.18. The van der Waals surface area contributed by atoms with Gasteiger partial charge in [0.25, 0.3) is 0 Å². The molecule has 1 aromatic carbocycles. The lowest BCUT2D eigenvalue weighted by Crippen LogP contribution is -2.09. The number of rotatable bonds is 0. The van der Waals surface area contributed by atoms with Crippen LogP contribution in [0.4, 0.5) is 17.6 Å². The topological polar surface area (TPSA) is 0 Å². The molecule has 13 heavy (non-hydrogen) atoms. The zero-order valence-electron chi connectivity index (χ0n) is 6.54. The molecule has 0 bridgehead atoms. The highest BCUT2D eigenvalue weighted by Gasteiger charge is 2.35. The van der Waals surface area contributed by atoms with Crippen LogP contribution in [0.2, 0.25) is 5.02 Å². The third-order valence-corrected chi connectivity index (χ3v) is 1.95. The zero-order chi connectivity index (χ0) is 10.2. The van der Waals surface area contributed by atoms with Gasteiger partial charge in [0.05, 0.1) is 10.6 Å². The second-order valence-corrected chi connectivity index (χ2v) is 2.93. The summed E-state index contributed by atoms with van der Waals surface area (Å²) in [5, 5.41) is -0.480. The molecule has 0 spiro atoms. The first kappa shape index (κ1) is 10.3. The Hall–Kier alpha value is -0.770. The SMILES string of the molecule is Cc1c(F)ccc(Cl)c1C(F)(F)F. The number of hydrogen-bond donors (Lipinski definition) is 0. The standard InChI is InChI=1S/C8H5ClF4/c1-4-6(10)3-2-5(9)7(4)8(11,12)13/h2-3H,1H3. The van der Waals surface area contributed by atoms with Crippen LogP contribution in [0.25, 0.3) is 0 Å². The van der Waals surface area contributed by atoms with Gasteiger partial charge in [0, 0.05) is 0 Å². The molecule has 0 saturated carbocycles. The minimum atomic E-state index is -4.61. The van der Waals surface area contributed by atoms with Crippen molar-refractivity contribution in [3.63, 3.8) is 0 Å². The summed E-state index contributed by atoms with van der Waals surface area (Å²) in [5.74, 6) is -0.906. The largest absolute Gasteiger partial charge is 0.418 e. The second-order valence-electron chi connectivity index (χ2n) is 2.53. The Morgan fingerprint density at radius 3 is 2.15 bits per heavy atom. The van der Waals surface area contributed by atoms with Crippen molar-refractivity contribution >= 4 is 11.6 Å². The minimum absolute atomic E-state index is 0.472. The molecule has 0 nitrogen and oxygen atoms in total. The molecule has 0 aliphatic carbocycles. The lowest BCUT2D eigenvalue weighted by molar-refractivity contribution is -0.138. The number of hydrogen-bond acceptors (Lipinski definition) is 0. The maximum Gasteiger partial charge on any atom is 0.418 e. The van der Waals surface area contributed by atoms with Gasteiger partial charge in [0.15, 0.2) is 0 Å². The summed E-state index contributed by atoms with van der Waals surface area (Å²) < 4.78 is 49.4. The van der Waals surface area contributed by atoms with Gasteiger partial charge in [-0.1, -0.05) is 11.6 Å². The molecule has 0 fully saturated rings. The van der Waals surface area contributed by atoms with Crippen LogP contribution in [0.3, 0.4) is 0 Å². The first-order valence-corrected chi connectivity index (χ1v) is 3.73. The summed E-state index contributed by atoms with van der Waals surface area (Å²) in [6.45, 7) is 1.05. The van der Waals surface area contributed by atoms with E-state index in [-0.39, 0.29) is 0 Å². The first-order chi connectivity index (χ1) is 5.84. The van der Waals surface area contributed by atoms with Crippen LogP contribution >= 0.6 is 11.6 Å². The van der Waals surface area contributed by atoms with Crippen LogP contribution in [0.5, 0.6) is 0 Å². The molecule has 5 heteroatoms. The molecule has 0 aromatic heterocycles. The van der Waals surface area contributed by atoms with Gasteiger partial charge in [-0.25, -0.2) is 4.39 Å². The van der Waals surface area contributed by atoms with Crippen molar-refractivity contribution in [2.45, 2.75) is 13.1 Å². The normalized spacial score (nSPS) is 11.8. The summed E-state index contributed by atoms with van der Waals surface area (Å²) >= 11 is 5.30. The van der Waals surface area contributed by atoms with Crippen molar-refractivity contribution in [2.24, 2.45) is 0 Å². The third kappa shape index (κ3) is 1.94. The summed E-state index contributed by atoms with van der Waals surface area (Å²) in [5.41, 5.74) is -1.57. The van der Waals surface area contributed by atoms with Crippen molar-refractivity contribution in [1.29, 1.82) is 0 Å². The van der Waals surface area contributed by atoms with Gasteiger partial charge < -0.3 is 0 Å². The average molecular weight is 213 g/mol. The molecule has 0 heterocycles. The smallest absolute Gasteiger partial charge is 0.207 e. The van der Waals surface area contributed by atoms with Gasteiger partial charge in [-0.15, -0.1) is 0 Å². The van der Waals surface area contributed by atoms with Gasteiger partial charge in [-0.3, -0.25) is 0 Å². The van der Waals surface area contributed by atoms with E-state index in [1.54, 1.807) is 0 Å². The van der Waals surface area contributed by atoms with Crippen molar-refractivity contribution in [3.05, 3.63) is 34.1 Å². The van der Waals surface area contributed by atoms with Gasteiger partial charge >= 0.3 is 6.18 Å². The molecule has 0 amide bonds. The van der Waals surface area contributed by atoms with Crippen molar-refractivity contribution in [3.8, 4) is 0 Å². The molecule has 1 rings (SSSR count). The Morgan fingerprint density at radius 2 is 1.77 bits per heavy atom. The molecule has 0 radical (unpaired) electrons. The first-order valence-electron chi connectivity index (χ1n) is 3.36. The Balaban J connectivity index is 3.43. The molecule has 1 aromatic rings. The van der Waals surface area contributed by atoms with Crippen LogP contribution < -0.4 is 0 Å². The molecule has 0 atom stereocenters. The average Bonchev–Trinajstić information content (AvgIpc) is 1.95. The fourth-order valence-corrected chi connectivity index (χ4v) is 1.31. The van der Waals surface area contributed by atoms with E-state index in [0.29, 0.717) is 0 Å². The van der Waals surface area contributed by atoms with E-state index in [0.717, 1.165) is 19.1 Å². The maximum absolute atomic E-state index is 12.7. The summed E-state index contributed by atoms with van der Waals surface area (Å²) in [6, 6.07) is 1.81. The molecule has 0 N–H and O–H groups in total. The third-order valence-electron chi connectivity index (χ3n) is 1.63. The summed E-state index contributed by atoms with van der Waals surface area (Å²) in [4.78, 5) is 0. The van der Waals surface area contributed by atoms with Crippen LogP contribution in [-0.4, -0.2) is 0 Å². The molecule has 0 unspecified atom stereocenters. The molecule has 0 aliphatic rings. The van der Waals surface area contributed by atoms with Gasteiger partial charge in [-0.05, 0) is 24.6 Å². The Morgan fingerprint density at radius 1 is 1.23 bits per heavy atom. The van der Waals surface area contributed by atoms with Crippen LogP contribution in [0, 0.1) is 12.7 Å². The van der Waals surface area contributed by atoms with E-state index in [1.165, 1.54) is 0 Å². The minimum Gasteiger partial charge on any atom is -0.207 e. The van der Waals surface area contributed by atoms with Crippen LogP contribution in [-0.2, 0) is 6.18 Å². The van der Waals surface area contributed by atoms with Gasteiger partial charge in [-0.2, -0.15) is 13.2 Å². The highest BCUT2D eigenvalue weighted by atomic mass is 35.5. The number of alkyl halides is 3. The molecule has 0 saturated heterocycles. The fourth-order valence-electron chi connectivity index (χ4n) is 1.00. The Kier molecular flexibility index (Phi) is 2.52. The van der Waals surface area contributed by atoms with Crippen molar-refractivity contribution in [2.75, 3.05) is 0 Å². The van der Waals surface area contributed by atoms with E-state index < -0.39 is 28.1 Å². The lowest BCUT2D eigenvalue weighted by Gasteiger charge is -2.12. The molecular weight excluding hydrogens is 208 g/mol. The summed E-state index contributed by atoms with van der Waals surface area (Å²) in [7, 11) is 0. The highest BCUT2D eigenvalue weighted by Crippen LogP contribution is 2.37. The van der Waals surface area contributed by atoms with E-state index in [4.69, 9.17) is 11.6 Å². The van der Waals surface area contributed by atoms with E-state index in [9.17, 15) is 17.6 Å². The van der Waals surface area contributed by atoms with Crippen molar-refractivity contribution < 1.29 is 17.6 Å². The van der Waals surface area contributed by atoms with E-state index in [1.807, 2.05) is 0 Å². The van der Waals surface area contributed by atoms with Crippen LogP contribution in [0.15, 0.2) is 12.1 Å². The number of halogens is 5. The van der Waals surface area contributed by atoms with Gasteiger partial charge in [0.2, 0.25) is 0 Å². The predicted molar refractivity (Wildman–Crippen MR) is 41.1 cm³/mol. The lowest BCUT2D eigenvalue weighted by atomic mass is 10.1. The van der Waals surface area contributed by atoms with Gasteiger partial charge in [0.1, 0.15) is 5.82 Å². The predicted octanol–water partition coefficient (Wildman–Crippen LogP) is 3.81. The number of benzene rings is 1. The highest BCUT2D eigenvalue weighted by molar-refractivity contribution is 6.31. The summed E-state index contributed by atoms with van der Waals surface area (Å²) in [6.07, 6.45) is -4.61. The van der Waals surface area contributed by atoms with E-state index >= 15 is 0 Å².